The fourth-order valence-corrected chi connectivity index (χ4v) is 4.68. The van der Waals surface area contributed by atoms with Gasteiger partial charge in [0.2, 0.25) is 5.91 Å². The van der Waals surface area contributed by atoms with E-state index >= 15 is 0 Å². The van der Waals surface area contributed by atoms with Crippen molar-refractivity contribution in [3.63, 3.8) is 0 Å². The number of piperidine rings is 1. The monoisotopic (exact) mass is 409 g/mol. The highest BCUT2D eigenvalue weighted by Gasteiger charge is 2.49. The summed E-state index contributed by atoms with van der Waals surface area (Å²) in [6.07, 6.45) is 5.67. The maximum absolute atomic E-state index is 13.5. The van der Waals surface area contributed by atoms with Crippen LogP contribution < -0.4 is 9.47 Å². The molecule has 1 atom stereocenters. The summed E-state index contributed by atoms with van der Waals surface area (Å²) < 4.78 is 10.9. The van der Waals surface area contributed by atoms with Gasteiger partial charge in [0, 0.05) is 44.1 Å². The van der Waals surface area contributed by atoms with Crippen molar-refractivity contribution >= 4 is 11.8 Å². The molecule has 1 aromatic carbocycles. The number of pyridine rings is 1. The average Bonchev–Trinajstić information content (AvgIpc) is 3.21. The Morgan fingerprint density at radius 1 is 1.13 bits per heavy atom. The normalized spacial score (nSPS) is 21.2. The lowest BCUT2D eigenvalue weighted by molar-refractivity contribution is -0.146. The van der Waals surface area contributed by atoms with E-state index < -0.39 is 5.41 Å². The standard InChI is InChI=1S/C23H27N3O4/c1-29-19-8-3-6-18(20(19)30-2)15-25-12-5-9-23(22(25)28)10-13-26(16-23)21(27)17-7-4-11-24-14-17/h3-4,6-8,11,14H,5,9-10,12-13,15-16H2,1-2H3/t23-/m0/s1. The van der Waals surface area contributed by atoms with Gasteiger partial charge in [0.1, 0.15) is 0 Å². The van der Waals surface area contributed by atoms with Crippen molar-refractivity contribution in [1.29, 1.82) is 0 Å². The predicted molar refractivity (Wildman–Crippen MR) is 111 cm³/mol. The zero-order valence-corrected chi connectivity index (χ0v) is 17.5. The molecule has 2 amide bonds. The first kappa shape index (κ1) is 20.2. The van der Waals surface area contributed by atoms with Crippen molar-refractivity contribution in [3.05, 3.63) is 53.9 Å². The third-order valence-electron chi connectivity index (χ3n) is 6.22. The fraction of sp³-hybridized carbons (Fsp3) is 0.435. The first-order valence-corrected chi connectivity index (χ1v) is 10.3. The van der Waals surface area contributed by atoms with E-state index in [9.17, 15) is 9.59 Å². The van der Waals surface area contributed by atoms with Gasteiger partial charge in [-0.15, -0.1) is 0 Å². The third-order valence-corrected chi connectivity index (χ3v) is 6.22. The van der Waals surface area contributed by atoms with Crippen molar-refractivity contribution < 1.29 is 19.1 Å². The minimum atomic E-state index is -0.498. The quantitative estimate of drug-likeness (QED) is 0.759. The number of hydrogen-bond acceptors (Lipinski definition) is 5. The number of benzene rings is 1. The third kappa shape index (κ3) is 3.60. The summed E-state index contributed by atoms with van der Waals surface area (Å²) >= 11 is 0. The number of likely N-dealkylation sites (tertiary alicyclic amines) is 2. The maximum Gasteiger partial charge on any atom is 0.255 e. The second-order valence-corrected chi connectivity index (χ2v) is 7.98. The van der Waals surface area contributed by atoms with E-state index in [1.54, 1.807) is 43.6 Å². The van der Waals surface area contributed by atoms with E-state index in [0.717, 1.165) is 18.4 Å². The maximum atomic E-state index is 13.5. The van der Waals surface area contributed by atoms with E-state index in [1.807, 2.05) is 23.1 Å². The van der Waals surface area contributed by atoms with Crippen LogP contribution in [0.3, 0.4) is 0 Å². The van der Waals surface area contributed by atoms with Gasteiger partial charge >= 0.3 is 0 Å². The van der Waals surface area contributed by atoms with Crippen LogP contribution in [0.5, 0.6) is 11.5 Å². The number of hydrogen-bond donors (Lipinski definition) is 0. The zero-order valence-electron chi connectivity index (χ0n) is 17.5. The van der Waals surface area contributed by atoms with Crippen molar-refractivity contribution in [2.75, 3.05) is 33.9 Å². The number of rotatable bonds is 5. The van der Waals surface area contributed by atoms with Crippen LogP contribution in [-0.4, -0.2) is 60.5 Å². The zero-order chi connectivity index (χ0) is 21.1. The molecule has 3 heterocycles. The molecular weight excluding hydrogens is 382 g/mol. The fourth-order valence-electron chi connectivity index (χ4n) is 4.68. The lowest BCUT2D eigenvalue weighted by atomic mass is 9.78. The van der Waals surface area contributed by atoms with E-state index in [2.05, 4.69) is 4.98 Å². The van der Waals surface area contributed by atoms with Crippen molar-refractivity contribution in [1.82, 2.24) is 14.8 Å². The molecule has 0 saturated carbocycles. The SMILES string of the molecule is COc1cccc(CN2CCC[C@@]3(CCN(C(=O)c4cccnc4)C3)C2=O)c1OC. The minimum absolute atomic E-state index is 0.0561. The summed E-state index contributed by atoms with van der Waals surface area (Å²) in [5.41, 5.74) is 0.988. The summed E-state index contributed by atoms with van der Waals surface area (Å²) in [4.78, 5) is 34.1. The summed E-state index contributed by atoms with van der Waals surface area (Å²) in [7, 11) is 3.22. The number of amides is 2. The van der Waals surface area contributed by atoms with Crippen LogP contribution in [0.1, 0.15) is 35.2 Å². The molecular formula is C23H27N3O4. The Balaban J connectivity index is 1.51. The predicted octanol–water partition coefficient (Wildman–Crippen LogP) is 2.75. The van der Waals surface area contributed by atoms with E-state index in [0.29, 0.717) is 49.7 Å². The molecule has 0 unspecified atom stereocenters. The van der Waals surface area contributed by atoms with Gasteiger partial charge in [-0.1, -0.05) is 12.1 Å². The molecule has 0 radical (unpaired) electrons. The Labute approximate surface area is 176 Å². The second kappa shape index (κ2) is 8.34. The highest BCUT2D eigenvalue weighted by molar-refractivity contribution is 5.95. The smallest absolute Gasteiger partial charge is 0.255 e. The summed E-state index contributed by atoms with van der Waals surface area (Å²) in [6.45, 7) is 2.23. The van der Waals surface area contributed by atoms with Gasteiger partial charge in [0.25, 0.3) is 5.91 Å². The van der Waals surface area contributed by atoms with Crippen molar-refractivity contribution in [2.45, 2.75) is 25.8 Å². The Kier molecular flexibility index (Phi) is 5.61. The van der Waals surface area contributed by atoms with E-state index in [1.165, 1.54) is 0 Å². The Morgan fingerprint density at radius 2 is 2.00 bits per heavy atom. The molecule has 0 N–H and O–H groups in total. The van der Waals surface area contributed by atoms with Crippen LogP contribution in [-0.2, 0) is 11.3 Å². The van der Waals surface area contributed by atoms with Crippen LogP contribution >= 0.6 is 0 Å². The molecule has 0 aliphatic carbocycles. The van der Waals surface area contributed by atoms with Crippen LogP contribution in [0, 0.1) is 5.41 Å². The molecule has 158 valence electrons. The van der Waals surface area contributed by atoms with E-state index in [-0.39, 0.29) is 11.8 Å². The van der Waals surface area contributed by atoms with Gasteiger partial charge in [0.15, 0.2) is 11.5 Å². The molecule has 1 aromatic heterocycles. The number of para-hydroxylation sites is 1. The second-order valence-electron chi connectivity index (χ2n) is 7.98. The lowest BCUT2D eigenvalue weighted by Crippen LogP contribution is -2.50. The molecule has 2 saturated heterocycles. The Morgan fingerprint density at radius 3 is 2.73 bits per heavy atom. The van der Waals surface area contributed by atoms with Crippen LogP contribution in [0.4, 0.5) is 0 Å². The first-order valence-electron chi connectivity index (χ1n) is 10.3. The summed E-state index contributed by atoms with van der Waals surface area (Å²) in [5, 5.41) is 0. The number of carbonyl (C=O) groups is 2. The first-order chi connectivity index (χ1) is 14.6. The van der Waals surface area contributed by atoms with Crippen LogP contribution in [0.2, 0.25) is 0 Å². The van der Waals surface area contributed by atoms with Gasteiger partial charge in [0.05, 0.1) is 25.2 Å². The van der Waals surface area contributed by atoms with Gasteiger partial charge in [-0.05, 0) is 37.5 Å². The van der Waals surface area contributed by atoms with Gasteiger partial charge in [-0.3, -0.25) is 14.6 Å². The molecule has 2 aliphatic heterocycles. The largest absolute Gasteiger partial charge is 0.493 e. The Hall–Kier alpha value is -3.09. The summed E-state index contributed by atoms with van der Waals surface area (Å²) in [6, 6.07) is 9.24. The molecule has 7 nitrogen and oxygen atoms in total. The van der Waals surface area contributed by atoms with Gasteiger partial charge in [-0.2, -0.15) is 0 Å². The minimum Gasteiger partial charge on any atom is -0.493 e. The lowest BCUT2D eigenvalue weighted by Gasteiger charge is -2.39. The van der Waals surface area contributed by atoms with Crippen LogP contribution in [0.15, 0.2) is 42.7 Å². The van der Waals surface area contributed by atoms with Crippen molar-refractivity contribution in [3.8, 4) is 11.5 Å². The highest BCUT2D eigenvalue weighted by atomic mass is 16.5. The van der Waals surface area contributed by atoms with E-state index in [4.69, 9.17) is 9.47 Å². The molecule has 0 bridgehead atoms. The van der Waals surface area contributed by atoms with Crippen molar-refractivity contribution in [2.24, 2.45) is 5.41 Å². The molecule has 1 spiro atoms. The molecule has 2 aromatic rings. The average molecular weight is 409 g/mol. The molecule has 4 rings (SSSR count). The van der Waals surface area contributed by atoms with Crippen LogP contribution in [0.25, 0.3) is 0 Å². The number of methoxy groups -OCH3 is 2. The number of ether oxygens (including phenoxy) is 2. The molecule has 7 heteroatoms. The molecule has 2 aliphatic rings. The number of carbonyl (C=O) groups excluding carboxylic acids is 2. The molecule has 30 heavy (non-hydrogen) atoms. The van der Waals surface area contributed by atoms with Gasteiger partial charge < -0.3 is 19.3 Å². The summed E-state index contributed by atoms with van der Waals surface area (Å²) in [5.74, 6) is 1.38. The Bertz CT molecular complexity index is 933. The topological polar surface area (TPSA) is 72.0 Å². The number of aromatic nitrogens is 1. The highest BCUT2D eigenvalue weighted by Crippen LogP contribution is 2.41. The van der Waals surface area contributed by atoms with Gasteiger partial charge in [-0.25, -0.2) is 0 Å². The number of nitrogens with zero attached hydrogens (tertiary/aromatic N) is 3. The molecule has 2 fully saturated rings.